The zero-order chi connectivity index (χ0) is 12.3. The molecule has 1 aromatic heterocycles. The quantitative estimate of drug-likeness (QED) is 0.873. The van der Waals surface area contributed by atoms with Gasteiger partial charge in [-0.05, 0) is 25.1 Å². The van der Waals surface area contributed by atoms with Gasteiger partial charge in [-0.2, -0.15) is 5.10 Å². The average Bonchev–Trinajstić information content (AvgIpc) is 2.76. The molecule has 2 aromatic rings. The molecule has 1 heterocycles. The first-order valence-corrected chi connectivity index (χ1v) is 6.04. The van der Waals surface area contributed by atoms with Crippen LogP contribution in [0.15, 0.2) is 36.5 Å². The molecule has 3 nitrogen and oxygen atoms in total. The fraction of sp³-hybridized carbons (Fsp3) is 0.357. The van der Waals surface area contributed by atoms with Gasteiger partial charge in [0.2, 0.25) is 0 Å². The summed E-state index contributed by atoms with van der Waals surface area (Å²) < 4.78 is 1.82. The number of hydrogen-bond donors (Lipinski definition) is 1. The molecule has 0 aliphatic carbocycles. The summed E-state index contributed by atoms with van der Waals surface area (Å²) in [6.07, 6.45) is 1.96. The van der Waals surface area contributed by atoms with Crippen LogP contribution in [0.3, 0.4) is 0 Å². The highest BCUT2D eigenvalue weighted by atomic mass is 15.2. The average molecular weight is 229 g/mol. The summed E-state index contributed by atoms with van der Waals surface area (Å²) in [5.41, 5.74) is 3.50. The predicted octanol–water partition coefficient (Wildman–Crippen LogP) is 2.76. The maximum Gasteiger partial charge on any atom is 0.0923 e. The lowest BCUT2D eigenvalue weighted by atomic mass is 10.0. The van der Waals surface area contributed by atoms with Gasteiger partial charge in [0.1, 0.15) is 0 Å². The topological polar surface area (TPSA) is 29.9 Å². The lowest BCUT2D eigenvalue weighted by Gasteiger charge is -2.12. The molecule has 1 aromatic carbocycles. The first-order valence-electron chi connectivity index (χ1n) is 6.04. The van der Waals surface area contributed by atoms with Crippen LogP contribution in [-0.2, 0) is 7.05 Å². The van der Waals surface area contributed by atoms with Crippen molar-refractivity contribution in [3.05, 3.63) is 42.1 Å². The summed E-state index contributed by atoms with van der Waals surface area (Å²) in [6, 6.07) is 11.0. The van der Waals surface area contributed by atoms with E-state index in [0.717, 1.165) is 17.8 Å². The SMILES string of the molecule is CCNC(C)c1ccc(-c2ccn(C)n2)cc1. The molecule has 0 aliphatic heterocycles. The van der Waals surface area contributed by atoms with Crippen LogP contribution in [0.2, 0.25) is 0 Å². The van der Waals surface area contributed by atoms with E-state index in [9.17, 15) is 0 Å². The molecular formula is C14H19N3. The van der Waals surface area contributed by atoms with Gasteiger partial charge in [-0.15, -0.1) is 0 Å². The van der Waals surface area contributed by atoms with Gasteiger partial charge in [-0.1, -0.05) is 31.2 Å². The fourth-order valence-electron chi connectivity index (χ4n) is 1.94. The molecular weight excluding hydrogens is 210 g/mol. The van der Waals surface area contributed by atoms with E-state index in [1.165, 1.54) is 5.56 Å². The van der Waals surface area contributed by atoms with E-state index >= 15 is 0 Å². The normalized spacial score (nSPS) is 12.6. The molecule has 0 saturated heterocycles. The Balaban J connectivity index is 2.18. The van der Waals surface area contributed by atoms with Crippen LogP contribution in [0.25, 0.3) is 11.3 Å². The minimum Gasteiger partial charge on any atom is -0.310 e. The maximum atomic E-state index is 4.39. The molecule has 1 N–H and O–H groups in total. The number of nitrogens with zero attached hydrogens (tertiary/aromatic N) is 2. The molecule has 1 unspecified atom stereocenters. The third kappa shape index (κ3) is 2.74. The Hall–Kier alpha value is -1.61. The summed E-state index contributed by atoms with van der Waals surface area (Å²) >= 11 is 0. The molecule has 0 aliphatic rings. The number of hydrogen-bond acceptors (Lipinski definition) is 2. The summed E-state index contributed by atoms with van der Waals surface area (Å²) in [5, 5.41) is 7.80. The van der Waals surface area contributed by atoms with Gasteiger partial charge in [0.15, 0.2) is 0 Å². The maximum absolute atomic E-state index is 4.39. The van der Waals surface area contributed by atoms with E-state index in [1.54, 1.807) is 0 Å². The van der Waals surface area contributed by atoms with Gasteiger partial charge < -0.3 is 5.32 Å². The van der Waals surface area contributed by atoms with Crippen LogP contribution in [-0.4, -0.2) is 16.3 Å². The summed E-state index contributed by atoms with van der Waals surface area (Å²) in [7, 11) is 1.94. The van der Waals surface area contributed by atoms with E-state index in [2.05, 4.69) is 48.5 Å². The van der Waals surface area contributed by atoms with Crippen LogP contribution in [0, 0.1) is 0 Å². The van der Waals surface area contributed by atoms with Gasteiger partial charge in [0, 0.05) is 24.8 Å². The van der Waals surface area contributed by atoms with Crippen molar-refractivity contribution in [1.82, 2.24) is 15.1 Å². The minimum atomic E-state index is 0.401. The molecule has 90 valence electrons. The van der Waals surface area contributed by atoms with Gasteiger partial charge in [-0.3, -0.25) is 4.68 Å². The summed E-state index contributed by atoms with van der Waals surface area (Å²) in [6.45, 7) is 5.29. The molecule has 0 fully saturated rings. The summed E-state index contributed by atoms with van der Waals surface area (Å²) in [5.74, 6) is 0. The second-order valence-electron chi connectivity index (χ2n) is 4.28. The first-order chi connectivity index (χ1) is 8.20. The van der Waals surface area contributed by atoms with Crippen molar-refractivity contribution in [1.29, 1.82) is 0 Å². The van der Waals surface area contributed by atoms with Crippen molar-refractivity contribution >= 4 is 0 Å². The number of aromatic nitrogens is 2. The van der Waals surface area contributed by atoms with Crippen LogP contribution in [0.4, 0.5) is 0 Å². The zero-order valence-corrected chi connectivity index (χ0v) is 10.6. The standard InChI is InChI=1S/C14H19N3/c1-4-15-11(2)12-5-7-13(8-6-12)14-9-10-17(3)16-14/h5-11,15H,4H2,1-3H3. The molecule has 0 amide bonds. The number of benzene rings is 1. The lowest BCUT2D eigenvalue weighted by Crippen LogP contribution is -2.17. The molecule has 0 radical (unpaired) electrons. The Morgan fingerprint density at radius 3 is 2.47 bits per heavy atom. The third-order valence-corrected chi connectivity index (χ3v) is 2.93. The second kappa shape index (κ2) is 5.15. The fourth-order valence-corrected chi connectivity index (χ4v) is 1.94. The number of aryl methyl sites for hydroxylation is 1. The van der Waals surface area contributed by atoms with Crippen molar-refractivity contribution in [3.8, 4) is 11.3 Å². The van der Waals surface area contributed by atoms with E-state index in [4.69, 9.17) is 0 Å². The zero-order valence-electron chi connectivity index (χ0n) is 10.6. The largest absolute Gasteiger partial charge is 0.310 e. The minimum absolute atomic E-state index is 0.401. The van der Waals surface area contributed by atoms with Gasteiger partial charge >= 0.3 is 0 Å². The van der Waals surface area contributed by atoms with Gasteiger partial charge in [0.05, 0.1) is 5.69 Å². The van der Waals surface area contributed by atoms with Crippen molar-refractivity contribution < 1.29 is 0 Å². The van der Waals surface area contributed by atoms with Gasteiger partial charge in [0.25, 0.3) is 0 Å². The van der Waals surface area contributed by atoms with Crippen molar-refractivity contribution in [2.75, 3.05) is 6.54 Å². The Kier molecular flexibility index (Phi) is 3.59. The molecule has 0 spiro atoms. The Bertz CT molecular complexity index is 470. The lowest BCUT2D eigenvalue weighted by molar-refractivity contribution is 0.598. The molecule has 3 heteroatoms. The monoisotopic (exact) mass is 229 g/mol. The Morgan fingerprint density at radius 1 is 1.24 bits per heavy atom. The molecule has 1 atom stereocenters. The van der Waals surface area contributed by atoms with Crippen molar-refractivity contribution in [2.45, 2.75) is 19.9 Å². The predicted molar refractivity (Wildman–Crippen MR) is 70.7 cm³/mol. The van der Waals surface area contributed by atoms with Crippen LogP contribution < -0.4 is 5.32 Å². The number of nitrogens with one attached hydrogen (secondary N) is 1. The Morgan fingerprint density at radius 2 is 1.94 bits per heavy atom. The van der Waals surface area contributed by atoms with E-state index in [-0.39, 0.29) is 0 Å². The van der Waals surface area contributed by atoms with Crippen LogP contribution in [0.1, 0.15) is 25.5 Å². The molecule has 0 bridgehead atoms. The number of rotatable bonds is 4. The highest BCUT2D eigenvalue weighted by Gasteiger charge is 2.05. The van der Waals surface area contributed by atoms with Gasteiger partial charge in [-0.25, -0.2) is 0 Å². The smallest absolute Gasteiger partial charge is 0.0923 e. The van der Waals surface area contributed by atoms with Crippen LogP contribution >= 0.6 is 0 Å². The molecule has 0 saturated carbocycles. The van der Waals surface area contributed by atoms with Crippen molar-refractivity contribution in [2.24, 2.45) is 7.05 Å². The second-order valence-corrected chi connectivity index (χ2v) is 4.28. The Labute approximate surface area is 102 Å². The van der Waals surface area contributed by atoms with E-state index < -0.39 is 0 Å². The highest BCUT2D eigenvalue weighted by Crippen LogP contribution is 2.20. The van der Waals surface area contributed by atoms with Crippen molar-refractivity contribution in [3.63, 3.8) is 0 Å². The first kappa shape index (κ1) is 11.9. The van der Waals surface area contributed by atoms with E-state index in [1.807, 2.05) is 24.0 Å². The van der Waals surface area contributed by atoms with E-state index in [0.29, 0.717) is 6.04 Å². The van der Waals surface area contributed by atoms with Crippen LogP contribution in [0.5, 0.6) is 0 Å². The highest BCUT2D eigenvalue weighted by molar-refractivity contribution is 5.58. The summed E-state index contributed by atoms with van der Waals surface area (Å²) in [4.78, 5) is 0. The molecule has 2 rings (SSSR count). The third-order valence-electron chi connectivity index (χ3n) is 2.93. The molecule has 17 heavy (non-hydrogen) atoms.